The largest absolute Gasteiger partial charge is 4.00 e. The van der Waals surface area contributed by atoms with Gasteiger partial charge >= 0.3 is 26.2 Å². The van der Waals surface area contributed by atoms with Crippen LogP contribution in [-0.4, -0.2) is 16.1 Å². The SMILES string of the molecule is CC[Si](C)(c1ccccc1)c1c[cH-]c(C(C)C)c1.CC[Si](C)(c1ccccc1)c1c[cH-]c(C(C)C)c1.[Cl-].[Cl-].[Zr+4]. The number of benzene rings is 2. The minimum absolute atomic E-state index is 0. The summed E-state index contributed by atoms with van der Waals surface area (Å²) < 4.78 is 0. The van der Waals surface area contributed by atoms with Crippen molar-refractivity contribution in [1.82, 2.24) is 0 Å². The fourth-order valence-electron chi connectivity index (χ4n) is 5.09. The molecule has 5 heteroatoms. The van der Waals surface area contributed by atoms with Crippen molar-refractivity contribution in [2.24, 2.45) is 0 Å². The average molecular weight is 673 g/mol. The number of hydrogen-bond acceptors (Lipinski definition) is 0. The fraction of sp³-hybridized carbons (Fsp3) is 0.353. The van der Waals surface area contributed by atoms with E-state index < -0.39 is 16.1 Å². The molecule has 39 heavy (non-hydrogen) atoms. The van der Waals surface area contributed by atoms with Crippen LogP contribution in [0.15, 0.2) is 97.1 Å². The van der Waals surface area contributed by atoms with Crippen LogP contribution < -0.4 is 45.6 Å². The van der Waals surface area contributed by atoms with Crippen LogP contribution >= 0.6 is 0 Å². The zero-order valence-electron chi connectivity index (χ0n) is 25.1. The molecule has 4 rings (SSSR count). The van der Waals surface area contributed by atoms with Gasteiger partial charge in [0.25, 0.3) is 0 Å². The molecule has 0 aliphatic heterocycles. The second kappa shape index (κ2) is 17.1. The van der Waals surface area contributed by atoms with Crippen LogP contribution in [0.3, 0.4) is 0 Å². The first-order valence-electron chi connectivity index (χ1n) is 13.8. The molecule has 0 saturated heterocycles. The third kappa shape index (κ3) is 9.01. The molecule has 0 aliphatic carbocycles. The fourth-order valence-corrected chi connectivity index (χ4v) is 11.1. The Morgan fingerprint density at radius 2 is 0.872 bits per heavy atom. The van der Waals surface area contributed by atoms with Crippen LogP contribution in [-0.2, 0) is 26.2 Å². The maximum Gasteiger partial charge on any atom is 4.00 e. The van der Waals surface area contributed by atoms with Crippen molar-refractivity contribution in [3.63, 3.8) is 0 Å². The third-order valence-electron chi connectivity index (χ3n) is 8.40. The molecular weight excluding hydrogens is 627 g/mol. The molecule has 0 bridgehead atoms. The summed E-state index contributed by atoms with van der Waals surface area (Å²) in [5.41, 5.74) is 2.96. The van der Waals surface area contributed by atoms with Gasteiger partial charge in [0.1, 0.15) is 0 Å². The minimum atomic E-state index is -1.50. The van der Waals surface area contributed by atoms with Crippen LogP contribution in [0.25, 0.3) is 0 Å². The van der Waals surface area contributed by atoms with E-state index >= 15 is 0 Å². The van der Waals surface area contributed by atoms with E-state index in [0.717, 1.165) is 0 Å². The summed E-state index contributed by atoms with van der Waals surface area (Å²) in [4.78, 5) is 0. The van der Waals surface area contributed by atoms with Gasteiger partial charge in [-0.1, -0.05) is 138 Å². The molecule has 0 saturated carbocycles. The summed E-state index contributed by atoms with van der Waals surface area (Å²) in [6.07, 6.45) is 0. The molecule has 2 unspecified atom stereocenters. The van der Waals surface area contributed by atoms with Gasteiger partial charge in [0.2, 0.25) is 0 Å². The van der Waals surface area contributed by atoms with Crippen LogP contribution in [0, 0.1) is 0 Å². The summed E-state index contributed by atoms with van der Waals surface area (Å²) in [5, 5.41) is 6.27. The van der Waals surface area contributed by atoms with Gasteiger partial charge in [-0.15, -0.1) is 0 Å². The van der Waals surface area contributed by atoms with Crippen LogP contribution in [0.1, 0.15) is 64.5 Å². The van der Waals surface area contributed by atoms with Gasteiger partial charge in [-0.05, 0) is 11.8 Å². The first kappa shape index (κ1) is 38.0. The maximum absolute atomic E-state index is 2.49. The standard InChI is InChI=1S/2C17H23Si.2ClH.Zr/c2*1-5-18(4,16-9-7-6-8-10-16)17-12-11-15(13-17)14(2)3;;;/h2*6-14H,5H2,1-4H3;2*1H;/q2*-1;;;+4/p-2. The second-order valence-electron chi connectivity index (χ2n) is 11.3. The molecule has 0 spiro atoms. The predicted molar refractivity (Wildman–Crippen MR) is 168 cm³/mol. The van der Waals surface area contributed by atoms with E-state index in [2.05, 4.69) is 152 Å². The Hall–Kier alpha value is -0.963. The summed E-state index contributed by atoms with van der Waals surface area (Å²) in [6.45, 7) is 18.7. The minimum Gasteiger partial charge on any atom is -1.00 e. The molecule has 0 fully saturated rings. The van der Waals surface area contributed by atoms with E-state index in [0.29, 0.717) is 11.8 Å². The predicted octanol–water partition coefficient (Wildman–Crippen LogP) is 1.49. The molecule has 4 aromatic rings. The van der Waals surface area contributed by atoms with Crippen molar-refractivity contribution in [1.29, 1.82) is 0 Å². The van der Waals surface area contributed by atoms with Gasteiger partial charge in [0.05, 0.1) is 0 Å². The van der Waals surface area contributed by atoms with Crippen molar-refractivity contribution in [3.8, 4) is 0 Å². The first-order valence-corrected chi connectivity index (χ1v) is 19.2. The molecule has 2 atom stereocenters. The van der Waals surface area contributed by atoms with Gasteiger partial charge in [0.15, 0.2) is 0 Å². The number of halogens is 2. The molecule has 0 radical (unpaired) electrons. The van der Waals surface area contributed by atoms with Crippen molar-refractivity contribution in [2.75, 3.05) is 0 Å². The molecular formula is C34H46Cl2Si2Zr. The maximum atomic E-state index is 2.49. The average Bonchev–Trinajstić information content (AvgIpc) is 3.61. The molecule has 0 aromatic heterocycles. The molecule has 0 nitrogen and oxygen atoms in total. The number of hydrogen-bond donors (Lipinski definition) is 0. The zero-order chi connectivity index (χ0) is 26.3. The Kier molecular flexibility index (Phi) is 16.7. The van der Waals surface area contributed by atoms with E-state index in [4.69, 9.17) is 0 Å². The summed E-state index contributed by atoms with van der Waals surface area (Å²) in [6, 6.07) is 38.8. The van der Waals surface area contributed by atoms with E-state index in [-0.39, 0.29) is 51.0 Å². The molecule has 0 heterocycles. The van der Waals surface area contributed by atoms with Crippen LogP contribution in [0.2, 0.25) is 25.2 Å². The van der Waals surface area contributed by atoms with Gasteiger partial charge in [-0.3, -0.25) is 0 Å². The van der Waals surface area contributed by atoms with E-state index in [1.165, 1.54) is 23.2 Å². The Bertz CT molecular complexity index is 1100. The van der Waals surface area contributed by atoms with E-state index in [1.807, 2.05) is 0 Å². The Morgan fingerprint density at radius 1 is 0.564 bits per heavy atom. The molecule has 0 aliphatic rings. The summed E-state index contributed by atoms with van der Waals surface area (Å²) >= 11 is 0. The van der Waals surface area contributed by atoms with Crippen molar-refractivity contribution < 1.29 is 51.0 Å². The van der Waals surface area contributed by atoms with Crippen LogP contribution in [0.5, 0.6) is 0 Å². The second-order valence-corrected chi connectivity index (χ2v) is 20.3. The van der Waals surface area contributed by atoms with Gasteiger partial charge in [-0.2, -0.15) is 45.8 Å². The quantitative estimate of drug-likeness (QED) is 0.197. The Balaban J connectivity index is 0.000000688. The smallest absolute Gasteiger partial charge is 1.00 e. The van der Waals surface area contributed by atoms with Crippen molar-refractivity contribution in [3.05, 3.63) is 108 Å². The van der Waals surface area contributed by atoms with Gasteiger partial charge < -0.3 is 24.8 Å². The monoisotopic (exact) mass is 670 g/mol. The number of rotatable bonds is 8. The first-order chi connectivity index (χ1) is 17.2. The Morgan fingerprint density at radius 3 is 1.10 bits per heavy atom. The molecule has 208 valence electrons. The molecule has 0 N–H and O–H groups in total. The normalized spacial score (nSPS) is 13.6. The van der Waals surface area contributed by atoms with Crippen molar-refractivity contribution in [2.45, 2.75) is 78.6 Å². The Labute approximate surface area is 272 Å². The summed E-state index contributed by atoms with van der Waals surface area (Å²) in [5.74, 6) is 1.26. The molecule has 4 aromatic carbocycles. The summed E-state index contributed by atoms with van der Waals surface area (Å²) in [7, 11) is -3.00. The van der Waals surface area contributed by atoms with Gasteiger partial charge in [-0.25, -0.2) is 12.1 Å². The van der Waals surface area contributed by atoms with Crippen molar-refractivity contribution >= 4 is 36.9 Å². The molecule has 0 amide bonds. The van der Waals surface area contributed by atoms with E-state index in [1.54, 1.807) is 20.7 Å². The topological polar surface area (TPSA) is 0 Å². The van der Waals surface area contributed by atoms with Gasteiger partial charge in [0, 0.05) is 16.1 Å². The van der Waals surface area contributed by atoms with E-state index in [9.17, 15) is 0 Å². The van der Waals surface area contributed by atoms with Crippen LogP contribution in [0.4, 0.5) is 0 Å². The zero-order valence-corrected chi connectivity index (χ0v) is 31.0. The third-order valence-corrected chi connectivity index (χ3v) is 17.6.